The number of thioether (sulfide) groups is 1. The molecule has 1 unspecified atom stereocenters. The van der Waals surface area contributed by atoms with Gasteiger partial charge in [0.05, 0.1) is 4.90 Å². The SMILES string of the molecule is CSc1c(C2CCNC2)ccc2c1OCO2. The molecule has 1 fully saturated rings. The Morgan fingerprint density at radius 1 is 1.38 bits per heavy atom. The highest BCUT2D eigenvalue weighted by molar-refractivity contribution is 7.98. The van der Waals surface area contributed by atoms with E-state index in [0.717, 1.165) is 24.6 Å². The lowest BCUT2D eigenvalue weighted by Gasteiger charge is -2.15. The molecule has 4 heteroatoms. The van der Waals surface area contributed by atoms with Crippen LogP contribution in [-0.2, 0) is 0 Å². The number of rotatable bonds is 2. The molecule has 0 amide bonds. The third-order valence-electron chi connectivity index (χ3n) is 3.23. The number of hydrogen-bond donors (Lipinski definition) is 1. The van der Waals surface area contributed by atoms with Gasteiger partial charge in [0.2, 0.25) is 6.79 Å². The summed E-state index contributed by atoms with van der Waals surface area (Å²) in [7, 11) is 0. The van der Waals surface area contributed by atoms with Crippen molar-refractivity contribution >= 4 is 11.8 Å². The summed E-state index contributed by atoms with van der Waals surface area (Å²) in [5.74, 6) is 2.45. The quantitative estimate of drug-likeness (QED) is 0.799. The Morgan fingerprint density at radius 2 is 2.31 bits per heavy atom. The van der Waals surface area contributed by atoms with Crippen molar-refractivity contribution in [3.8, 4) is 11.5 Å². The molecule has 16 heavy (non-hydrogen) atoms. The highest BCUT2D eigenvalue weighted by Gasteiger charge is 2.25. The number of ether oxygens (including phenoxy) is 2. The summed E-state index contributed by atoms with van der Waals surface area (Å²) < 4.78 is 11.0. The van der Waals surface area contributed by atoms with E-state index in [0.29, 0.717) is 12.7 Å². The van der Waals surface area contributed by atoms with Crippen molar-refractivity contribution in [3.05, 3.63) is 17.7 Å². The van der Waals surface area contributed by atoms with Gasteiger partial charge in [0, 0.05) is 6.54 Å². The zero-order chi connectivity index (χ0) is 11.0. The van der Waals surface area contributed by atoms with Crippen LogP contribution in [0.15, 0.2) is 17.0 Å². The largest absolute Gasteiger partial charge is 0.454 e. The van der Waals surface area contributed by atoms with Gasteiger partial charge in [-0.1, -0.05) is 6.07 Å². The second-order valence-corrected chi connectivity index (χ2v) is 4.93. The predicted molar refractivity (Wildman–Crippen MR) is 64.6 cm³/mol. The van der Waals surface area contributed by atoms with E-state index in [2.05, 4.69) is 17.6 Å². The smallest absolute Gasteiger partial charge is 0.231 e. The number of nitrogens with one attached hydrogen (secondary N) is 1. The molecule has 2 heterocycles. The van der Waals surface area contributed by atoms with Crippen LogP contribution in [0.2, 0.25) is 0 Å². The van der Waals surface area contributed by atoms with Gasteiger partial charge in [0.25, 0.3) is 0 Å². The molecule has 3 nitrogen and oxygen atoms in total. The van der Waals surface area contributed by atoms with E-state index in [9.17, 15) is 0 Å². The van der Waals surface area contributed by atoms with Crippen molar-refractivity contribution in [3.63, 3.8) is 0 Å². The fourth-order valence-corrected chi connectivity index (χ4v) is 3.23. The maximum atomic E-state index is 5.56. The Kier molecular flexibility index (Phi) is 2.69. The van der Waals surface area contributed by atoms with Gasteiger partial charge in [-0.3, -0.25) is 0 Å². The topological polar surface area (TPSA) is 30.5 Å². The molecule has 2 aliphatic heterocycles. The van der Waals surface area contributed by atoms with Gasteiger partial charge < -0.3 is 14.8 Å². The molecule has 1 N–H and O–H groups in total. The standard InChI is InChI=1S/C12H15NO2S/c1-16-12-9(8-4-5-13-6-8)2-3-10-11(12)15-7-14-10/h2-3,8,13H,4-7H2,1H3. The highest BCUT2D eigenvalue weighted by Crippen LogP contribution is 2.45. The Morgan fingerprint density at radius 3 is 3.06 bits per heavy atom. The predicted octanol–water partition coefficient (Wildman–Crippen LogP) is 2.21. The van der Waals surface area contributed by atoms with Crippen molar-refractivity contribution in [2.45, 2.75) is 17.2 Å². The van der Waals surface area contributed by atoms with Crippen molar-refractivity contribution in [2.24, 2.45) is 0 Å². The van der Waals surface area contributed by atoms with E-state index in [4.69, 9.17) is 9.47 Å². The molecule has 0 saturated carbocycles. The van der Waals surface area contributed by atoms with E-state index in [1.807, 2.05) is 6.07 Å². The van der Waals surface area contributed by atoms with Gasteiger partial charge in [-0.15, -0.1) is 11.8 Å². The van der Waals surface area contributed by atoms with E-state index in [1.165, 1.54) is 16.9 Å². The fraction of sp³-hybridized carbons (Fsp3) is 0.500. The summed E-state index contributed by atoms with van der Waals surface area (Å²) in [5.41, 5.74) is 1.40. The molecule has 3 rings (SSSR count). The lowest BCUT2D eigenvalue weighted by atomic mass is 9.98. The van der Waals surface area contributed by atoms with Gasteiger partial charge in [0.15, 0.2) is 11.5 Å². The van der Waals surface area contributed by atoms with Crippen molar-refractivity contribution in [2.75, 3.05) is 26.1 Å². The molecule has 1 aromatic carbocycles. The van der Waals surface area contributed by atoms with E-state index in [-0.39, 0.29) is 0 Å². The molecule has 1 atom stereocenters. The Balaban J connectivity index is 2.04. The lowest BCUT2D eigenvalue weighted by molar-refractivity contribution is 0.172. The molecule has 1 saturated heterocycles. The normalized spacial score (nSPS) is 22.7. The summed E-state index contributed by atoms with van der Waals surface area (Å²) in [4.78, 5) is 1.25. The van der Waals surface area contributed by atoms with Crippen LogP contribution in [0.25, 0.3) is 0 Å². The Bertz CT molecular complexity index is 402. The summed E-state index contributed by atoms with van der Waals surface area (Å²) >= 11 is 1.75. The van der Waals surface area contributed by atoms with Gasteiger partial charge in [-0.25, -0.2) is 0 Å². The van der Waals surface area contributed by atoms with Gasteiger partial charge in [-0.05, 0) is 36.8 Å². The van der Waals surface area contributed by atoms with Gasteiger partial charge >= 0.3 is 0 Å². The molecule has 2 aliphatic rings. The average molecular weight is 237 g/mol. The van der Waals surface area contributed by atoms with Gasteiger partial charge in [0.1, 0.15) is 0 Å². The molecule has 86 valence electrons. The van der Waals surface area contributed by atoms with Crippen LogP contribution in [0, 0.1) is 0 Å². The minimum atomic E-state index is 0.356. The molecular formula is C12H15NO2S. The highest BCUT2D eigenvalue weighted by atomic mass is 32.2. The van der Waals surface area contributed by atoms with Crippen molar-refractivity contribution in [1.29, 1.82) is 0 Å². The molecular weight excluding hydrogens is 222 g/mol. The van der Waals surface area contributed by atoms with E-state index in [1.54, 1.807) is 11.8 Å². The Labute approximate surface area is 99.5 Å². The van der Waals surface area contributed by atoms with E-state index >= 15 is 0 Å². The van der Waals surface area contributed by atoms with Crippen LogP contribution in [0.4, 0.5) is 0 Å². The van der Waals surface area contributed by atoms with Crippen LogP contribution in [0.1, 0.15) is 17.9 Å². The second kappa shape index (κ2) is 4.18. The van der Waals surface area contributed by atoms with Crippen molar-refractivity contribution in [1.82, 2.24) is 5.32 Å². The van der Waals surface area contributed by atoms with Crippen LogP contribution in [-0.4, -0.2) is 26.1 Å². The van der Waals surface area contributed by atoms with Crippen LogP contribution >= 0.6 is 11.8 Å². The molecule has 1 aromatic rings. The molecule has 0 aliphatic carbocycles. The number of benzene rings is 1. The fourth-order valence-electron chi connectivity index (χ4n) is 2.41. The first-order valence-electron chi connectivity index (χ1n) is 5.57. The molecule has 0 spiro atoms. The maximum Gasteiger partial charge on any atom is 0.231 e. The maximum absolute atomic E-state index is 5.56. The summed E-state index contributed by atoms with van der Waals surface area (Å²) in [5, 5.41) is 3.41. The van der Waals surface area contributed by atoms with Crippen LogP contribution in [0.3, 0.4) is 0 Å². The molecule has 0 radical (unpaired) electrons. The minimum Gasteiger partial charge on any atom is -0.454 e. The molecule has 0 aromatic heterocycles. The number of fused-ring (bicyclic) bond motifs is 1. The second-order valence-electron chi connectivity index (χ2n) is 4.11. The lowest BCUT2D eigenvalue weighted by Crippen LogP contribution is -2.08. The zero-order valence-corrected chi connectivity index (χ0v) is 10.1. The van der Waals surface area contributed by atoms with E-state index < -0.39 is 0 Å². The first-order chi connectivity index (χ1) is 7.90. The zero-order valence-electron chi connectivity index (χ0n) is 9.29. The third kappa shape index (κ3) is 1.57. The van der Waals surface area contributed by atoms with Crippen molar-refractivity contribution < 1.29 is 9.47 Å². The summed E-state index contributed by atoms with van der Waals surface area (Å²) in [6.45, 7) is 2.55. The molecule has 0 bridgehead atoms. The summed E-state index contributed by atoms with van der Waals surface area (Å²) in [6.07, 6.45) is 3.32. The monoisotopic (exact) mass is 237 g/mol. The Hall–Kier alpha value is -0.870. The summed E-state index contributed by atoms with van der Waals surface area (Å²) in [6, 6.07) is 4.23. The first kappa shape index (κ1) is 10.3. The van der Waals surface area contributed by atoms with Crippen LogP contribution in [0.5, 0.6) is 11.5 Å². The minimum absolute atomic E-state index is 0.356. The third-order valence-corrected chi connectivity index (χ3v) is 4.06. The first-order valence-corrected chi connectivity index (χ1v) is 6.80. The van der Waals surface area contributed by atoms with Crippen LogP contribution < -0.4 is 14.8 Å². The van der Waals surface area contributed by atoms with Gasteiger partial charge in [-0.2, -0.15) is 0 Å². The average Bonchev–Trinajstić information content (AvgIpc) is 2.97. The number of hydrogen-bond acceptors (Lipinski definition) is 4.